The number of carbonyl (C=O) groups is 4. The van der Waals surface area contributed by atoms with E-state index in [1.807, 2.05) is 13.8 Å². The minimum Gasteiger partial charge on any atom is -0.480 e. The molecule has 41 heavy (non-hydrogen) atoms. The molecule has 2 rings (SSSR count). The third kappa shape index (κ3) is 9.73. The molecule has 1 saturated carbocycles. The van der Waals surface area contributed by atoms with Crippen molar-refractivity contribution in [3.63, 3.8) is 0 Å². The van der Waals surface area contributed by atoms with E-state index in [2.05, 4.69) is 0 Å². The topological polar surface area (TPSA) is 151 Å². The second-order valence-corrected chi connectivity index (χ2v) is 12.2. The number of carboxylic acids is 1. The second-order valence-electron chi connectivity index (χ2n) is 12.2. The molecule has 10 nitrogen and oxygen atoms in total. The number of carbonyl (C=O) groups excluding carboxylic acids is 3. The van der Waals surface area contributed by atoms with Crippen LogP contribution >= 0.6 is 0 Å². The highest BCUT2D eigenvalue weighted by molar-refractivity contribution is 5.81. The van der Waals surface area contributed by atoms with Crippen LogP contribution < -0.4 is 15.2 Å². The summed E-state index contributed by atoms with van der Waals surface area (Å²) in [5, 5.41) is 9.76. The highest BCUT2D eigenvalue weighted by Crippen LogP contribution is 2.37. The number of benzene rings is 1. The maximum absolute atomic E-state index is 13.0. The molecule has 3 N–H and O–H groups in total. The molecule has 230 valence electrons. The van der Waals surface area contributed by atoms with Crippen LogP contribution in [0.1, 0.15) is 111 Å². The van der Waals surface area contributed by atoms with Gasteiger partial charge >= 0.3 is 24.1 Å². The van der Waals surface area contributed by atoms with E-state index in [9.17, 15) is 24.3 Å². The molecular weight excluding hydrogens is 530 g/mol. The summed E-state index contributed by atoms with van der Waals surface area (Å²) in [5.74, 6) is -3.12. The fourth-order valence-corrected chi connectivity index (χ4v) is 4.26. The first kappa shape index (κ1) is 34.1. The van der Waals surface area contributed by atoms with Gasteiger partial charge in [-0.3, -0.25) is 14.4 Å². The molecule has 0 spiro atoms. The Kier molecular flexibility index (Phi) is 12.2. The van der Waals surface area contributed by atoms with Crippen LogP contribution in [0.2, 0.25) is 0 Å². The van der Waals surface area contributed by atoms with E-state index in [0.717, 1.165) is 32.1 Å². The standard InChI is InChI=1S/C31H47NO9/c1-8-30(4,5)27(35)40-23-16-15-20(18-24(23)41-28(36)31(6,7)9-2)22(25(32)26(33)34)17-19(3)38-29(37)39-21-13-11-10-12-14-21/h15-16,18-19,21-22,25H,8-14,17,32H2,1-7H3,(H,33,34)/t19?,22?,25-/m0/s1. The van der Waals surface area contributed by atoms with Crippen molar-refractivity contribution in [3.8, 4) is 11.5 Å². The zero-order valence-corrected chi connectivity index (χ0v) is 25.5. The molecule has 0 saturated heterocycles. The van der Waals surface area contributed by atoms with E-state index in [1.165, 1.54) is 12.1 Å². The number of ether oxygens (including phenoxy) is 4. The number of rotatable bonds is 13. The summed E-state index contributed by atoms with van der Waals surface area (Å²) in [6.45, 7) is 12.3. The van der Waals surface area contributed by atoms with Crippen LogP contribution in [-0.2, 0) is 23.9 Å². The van der Waals surface area contributed by atoms with Crippen molar-refractivity contribution in [2.24, 2.45) is 16.6 Å². The number of hydrogen-bond acceptors (Lipinski definition) is 9. The highest BCUT2D eigenvalue weighted by Gasteiger charge is 2.34. The van der Waals surface area contributed by atoms with Crippen molar-refractivity contribution in [1.82, 2.24) is 0 Å². The fourth-order valence-electron chi connectivity index (χ4n) is 4.26. The minimum absolute atomic E-state index is 0.0258. The lowest BCUT2D eigenvalue weighted by atomic mass is 9.86. The molecule has 3 atom stereocenters. The van der Waals surface area contributed by atoms with E-state index in [-0.39, 0.29) is 24.0 Å². The number of carboxylic acid groups (broad SMARTS) is 1. The highest BCUT2D eigenvalue weighted by atomic mass is 16.7. The molecule has 0 amide bonds. The summed E-state index contributed by atoms with van der Waals surface area (Å²) in [7, 11) is 0. The normalized spacial score (nSPS) is 16.7. The van der Waals surface area contributed by atoms with Gasteiger partial charge in [0.15, 0.2) is 11.5 Å². The molecule has 0 aliphatic heterocycles. The summed E-state index contributed by atoms with van der Waals surface area (Å²) in [6, 6.07) is 3.14. The Balaban J connectivity index is 2.37. The molecular formula is C31H47NO9. The molecule has 2 unspecified atom stereocenters. The molecule has 0 bridgehead atoms. The number of aliphatic carboxylic acids is 1. The van der Waals surface area contributed by atoms with Crippen molar-refractivity contribution in [2.75, 3.05) is 0 Å². The fraction of sp³-hybridized carbons (Fsp3) is 0.677. The third-order valence-corrected chi connectivity index (χ3v) is 8.09. The molecule has 1 aliphatic rings. The molecule has 1 aliphatic carbocycles. The Morgan fingerprint density at radius 1 is 0.927 bits per heavy atom. The second kappa shape index (κ2) is 14.7. The summed E-state index contributed by atoms with van der Waals surface area (Å²) >= 11 is 0. The zero-order valence-electron chi connectivity index (χ0n) is 25.5. The Bertz CT molecular complexity index is 1080. The summed E-state index contributed by atoms with van der Waals surface area (Å²) in [6.07, 6.45) is 4.05. The van der Waals surface area contributed by atoms with Gasteiger partial charge in [0, 0.05) is 5.92 Å². The van der Waals surface area contributed by atoms with Crippen LogP contribution in [0.3, 0.4) is 0 Å². The van der Waals surface area contributed by atoms with Crippen LogP contribution in [0.25, 0.3) is 0 Å². The van der Waals surface area contributed by atoms with E-state index in [1.54, 1.807) is 40.7 Å². The van der Waals surface area contributed by atoms with Gasteiger partial charge in [-0.15, -0.1) is 0 Å². The van der Waals surface area contributed by atoms with Gasteiger partial charge in [-0.2, -0.15) is 0 Å². The van der Waals surface area contributed by atoms with Gasteiger partial charge < -0.3 is 29.8 Å². The van der Waals surface area contributed by atoms with Crippen molar-refractivity contribution >= 4 is 24.1 Å². The van der Waals surface area contributed by atoms with Crippen LogP contribution in [0.4, 0.5) is 4.79 Å². The van der Waals surface area contributed by atoms with E-state index in [4.69, 9.17) is 24.7 Å². The van der Waals surface area contributed by atoms with Crippen LogP contribution in [0.15, 0.2) is 18.2 Å². The molecule has 0 heterocycles. The number of hydrogen-bond donors (Lipinski definition) is 2. The SMILES string of the molecule is CCC(C)(C)C(=O)Oc1ccc(C(CC(C)OC(=O)OC2CCCCC2)[C@H](N)C(=O)O)cc1OC(=O)C(C)(C)CC. The van der Waals surface area contributed by atoms with Gasteiger partial charge in [0.25, 0.3) is 0 Å². The molecule has 1 fully saturated rings. The lowest BCUT2D eigenvalue weighted by Gasteiger charge is -2.27. The van der Waals surface area contributed by atoms with Crippen molar-refractivity contribution in [1.29, 1.82) is 0 Å². The largest absolute Gasteiger partial charge is 0.508 e. The predicted octanol–water partition coefficient (Wildman–Crippen LogP) is 6.13. The van der Waals surface area contributed by atoms with E-state index < -0.39 is 53.0 Å². The first-order chi connectivity index (χ1) is 19.1. The Hall–Kier alpha value is -3.14. The van der Waals surface area contributed by atoms with Crippen LogP contribution in [0.5, 0.6) is 11.5 Å². The van der Waals surface area contributed by atoms with E-state index in [0.29, 0.717) is 18.4 Å². The minimum atomic E-state index is -1.36. The molecule has 0 aromatic heterocycles. The monoisotopic (exact) mass is 577 g/mol. The van der Waals surface area contributed by atoms with Gasteiger partial charge in [0.1, 0.15) is 18.2 Å². The van der Waals surface area contributed by atoms with Gasteiger partial charge in [-0.1, -0.05) is 26.3 Å². The molecule has 1 aromatic rings. The Morgan fingerprint density at radius 3 is 1.98 bits per heavy atom. The van der Waals surface area contributed by atoms with Crippen molar-refractivity contribution < 1.29 is 43.2 Å². The number of esters is 2. The smallest absolute Gasteiger partial charge is 0.480 e. The lowest BCUT2D eigenvalue weighted by molar-refractivity contribution is -0.147. The van der Waals surface area contributed by atoms with E-state index >= 15 is 0 Å². The predicted molar refractivity (Wildman–Crippen MR) is 153 cm³/mol. The van der Waals surface area contributed by atoms with Gasteiger partial charge in [0.05, 0.1) is 10.8 Å². The van der Waals surface area contributed by atoms with Crippen molar-refractivity contribution in [3.05, 3.63) is 23.8 Å². The average Bonchev–Trinajstić information content (AvgIpc) is 2.92. The van der Waals surface area contributed by atoms with Crippen LogP contribution in [0, 0.1) is 10.8 Å². The summed E-state index contributed by atoms with van der Waals surface area (Å²) < 4.78 is 22.3. The Morgan fingerprint density at radius 2 is 1.46 bits per heavy atom. The molecule has 0 radical (unpaired) electrons. The maximum atomic E-state index is 13.0. The van der Waals surface area contributed by atoms with Gasteiger partial charge in [-0.25, -0.2) is 4.79 Å². The molecule has 10 heteroatoms. The summed E-state index contributed by atoms with van der Waals surface area (Å²) in [5.41, 5.74) is 4.91. The maximum Gasteiger partial charge on any atom is 0.508 e. The van der Waals surface area contributed by atoms with Gasteiger partial charge in [-0.05, 0) is 97.3 Å². The molecule has 1 aromatic carbocycles. The average molecular weight is 578 g/mol. The van der Waals surface area contributed by atoms with Crippen molar-refractivity contribution in [2.45, 2.75) is 124 Å². The first-order valence-corrected chi connectivity index (χ1v) is 14.5. The lowest BCUT2D eigenvalue weighted by Crippen LogP contribution is -2.38. The number of nitrogens with two attached hydrogens (primary N) is 1. The quantitative estimate of drug-likeness (QED) is 0.207. The summed E-state index contributed by atoms with van der Waals surface area (Å²) in [4.78, 5) is 50.2. The Labute approximate surface area is 243 Å². The zero-order chi connectivity index (χ0) is 31.0. The third-order valence-electron chi connectivity index (χ3n) is 8.09. The first-order valence-electron chi connectivity index (χ1n) is 14.5. The van der Waals surface area contributed by atoms with Gasteiger partial charge in [0.2, 0.25) is 0 Å². The van der Waals surface area contributed by atoms with Crippen LogP contribution in [-0.4, -0.2) is 47.4 Å².